The Hall–Kier alpha value is -3.86. The summed E-state index contributed by atoms with van der Waals surface area (Å²) in [5.41, 5.74) is 6.68. The lowest BCUT2D eigenvalue weighted by Gasteiger charge is -2.50. The summed E-state index contributed by atoms with van der Waals surface area (Å²) in [5.74, 6) is -6.05. The van der Waals surface area contributed by atoms with Crippen molar-refractivity contribution in [1.82, 2.24) is 9.80 Å². The number of likely N-dealkylation sites (N-methyl/N-ethyl adjacent to an activating group) is 1. The summed E-state index contributed by atoms with van der Waals surface area (Å²) in [4.78, 5) is 56.8. The largest absolute Gasteiger partial charge is 0.507 e. The van der Waals surface area contributed by atoms with Gasteiger partial charge in [-0.15, -0.1) is 0 Å². The first-order chi connectivity index (χ1) is 20.2. The van der Waals surface area contributed by atoms with Crippen LogP contribution in [0, 0.1) is 17.8 Å². The number of carbonyl (C=O) groups excluding carboxylic acids is 4. The summed E-state index contributed by atoms with van der Waals surface area (Å²) in [5, 5.41) is 22.7. The van der Waals surface area contributed by atoms with Gasteiger partial charge in [-0.25, -0.2) is 0 Å². The molecule has 1 unspecified atom stereocenters. The lowest BCUT2D eigenvalue weighted by Crippen LogP contribution is -2.68. The first kappa shape index (κ1) is 30.6. The Bertz CT molecular complexity index is 1560. The van der Waals surface area contributed by atoms with Gasteiger partial charge < -0.3 is 20.7 Å². The van der Waals surface area contributed by atoms with Gasteiger partial charge in [0.1, 0.15) is 17.1 Å². The van der Waals surface area contributed by atoms with Crippen molar-refractivity contribution in [2.75, 3.05) is 28.3 Å². The molecule has 0 aliphatic heterocycles. The molecule has 1 fully saturated rings. The molecule has 2 aromatic rings. The van der Waals surface area contributed by atoms with Gasteiger partial charge in [-0.3, -0.25) is 29.0 Å². The number of carbonyl (C=O) groups is 4. The molecule has 0 heterocycles. The molecule has 0 radical (unpaired) electrons. The molecule has 43 heavy (non-hydrogen) atoms. The molecule has 4 N–H and O–H groups in total. The van der Waals surface area contributed by atoms with Gasteiger partial charge in [0.2, 0.25) is 5.91 Å². The van der Waals surface area contributed by atoms with Gasteiger partial charge in [0.25, 0.3) is 0 Å². The highest BCUT2D eigenvalue weighted by Gasteiger charge is 2.62. The number of fused-ring (bicyclic) bond motifs is 3. The van der Waals surface area contributed by atoms with Crippen LogP contribution in [0.15, 0.2) is 42.0 Å². The van der Waals surface area contributed by atoms with E-state index in [2.05, 4.69) is 18.7 Å². The molecule has 3 aliphatic rings. The van der Waals surface area contributed by atoms with E-state index >= 15 is 0 Å². The molecule has 1 saturated carbocycles. The maximum absolute atomic E-state index is 14.1. The van der Waals surface area contributed by atoms with Crippen LogP contribution >= 0.6 is 0 Å². The van der Waals surface area contributed by atoms with Crippen molar-refractivity contribution in [3.8, 4) is 22.6 Å². The Morgan fingerprint density at radius 3 is 2.42 bits per heavy atom. The first-order valence-electron chi connectivity index (χ1n) is 14.5. The molecule has 5 atom stereocenters. The lowest BCUT2D eigenvalue weighted by atomic mass is 9.57. The third-order valence-corrected chi connectivity index (χ3v) is 9.47. The Labute approximate surface area is 251 Å². The van der Waals surface area contributed by atoms with E-state index in [4.69, 9.17) is 10.5 Å². The number of ether oxygens (including phenoxy) is 1. The maximum Gasteiger partial charge on any atom is 0.235 e. The number of rotatable bonds is 7. The molecule has 2 aromatic carbocycles. The average molecular weight is 590 g/mol. The zero-order valence-corrected chi connectivity index (χ0v) is 25.4. The predicted octanol–water partition coefficient (Wildman–Crippen LogP) is 2.12. The average Bonchev–Trinajstić information content (AvgIpc) is 2.93. The molecule has 0 aromatic heterocycles. The molecule has 10 heteroatoms. The van der Waals surface area contributed by atoms with Crippen molar-refractivity contribution in [3.05, 3.63) is 58.7 Å². The molecule has 228 valence electrons. The minimum absolute atomic E-state index is 0.101. The highest BCUT2D eigenvalue weighted by molar-refractivity contribution is 6.25. The quantitative estimate of drug-likeness (QED) is 0.413. The van der Waals surface area contributed by atoms with Crippen LogP contribution in [0.1, 0.15) is 41.8 Å². The van der Waals surface area contributed by atoms with E-state index in [1.54, 1.807) is 32.2 Å². The van der Waals surface area contributed by atoms with E-state index < -0.39 is 52.7 Å². The van der Waals surface area contributed by atoms with Crippen molar-refractivity contribution in [2.24, 2.45) is 23.5 Å². The normalized spacial score (nSPS) is 26.7. The monoisotopic (exact) mass is 589 g/mol. The second-order valence-corrected chi connectivity index (χ2v) is 12.5. The number of hydrogen-bond donors (Lipinski definition) is 3. The van der Waals surface area contributed by atoms with E-state index in [1.165, 1.54) is 12.1 Å². The molecular formula is C33H39N3O7. The van der Waals surface area contributed by atoms with E-state index in [-0.39, 0.29) is 23.3 Å². The van der Waals surface area contributed by atoms with Crippen LogP contribution in [0.25, 0.3) is 11.1 Å². The topological polar surface area (TPSA) is 150 Å². The molecule has 10 nitrogen and oxygen atoms in total. The third-order valence-electron chi connectivity index (χ3n) is 9.47. The molecular weight excluding hydrogens is 550 g/mol. The van der Waals surface area contributed by atoms with Gasteiger partial charge in [-0.05, 0) is 94.7 Å². The number of aliphatic hydroxyl groups is 1. The van der Waals surface area contributed by atoms with E-state index in [0.29, 0.717) is 30.3 Å². The van der Waals surface area contributed by atoms with Crippen molar-refractivity contribution in [2.45, 2.75) is 50.9 Å². The van der Waals surface area contributed by atoms with Crippen LogP contribution in [0.3, 0.4) is 0 Å². The summed E-state index contributed by atoms with van der Waals surface area (Å²) >= 11 is 0. The van der Waals surface area contributed by atoms with Gasteiger partial charge in [-0.2, -0.15) is 0 Å². The fourth-order valence-electron chi connectivity index (χ4n) is 7.03. The van der Waals surface area contributed by atoms with Gasteiger partial charge in [-0.1, -0.05) is 12.1 Å². The predicted molar refractivity (Wildman–Crippen MR) is 160 cm³/mol. The number of aromatic hydroxyl groups is 1. The Morgan fingerprint density at radius 1 is 1.12 bits per heavy atom. The Balaban J connectivity index is 1.65. The Kier molecular flexibility index (Phi) is 7.83. The number of nitrogens with two attached hydrogens (primary N) is 1. The van der Waals surface area contributed by atoms with Gasteiger partial charge >= 0.3 is 0 Å². The first-order valence-corrected chi connectivity index (χ1v) is 14.5. The van der Waals surface area contributed by atoms with Crippen LogP contribution in [-0.4, -0.2) is 89.2 Å². The molecule has 5 rings (SSSR count). The van der Waals surface area contributed by atoms with Gasteiger partial charge in [0.15, 0.2) is 23.3 Å². The summed E-state index contributed by atoms with van der Waals surface area (Å²) < 4.78 is 5.72. The maximum atomic E-state index is 14.1. The number of ketones is 3. The minimum atomic E-state index is -2.24. The highest BCUT2D eigenvalue weighted by Crippen LogP contribution is 2.51. The number of phenols is 1. The van der Waals surface area contributed by atoms with Crippen LogP contribution in [-0.2, 0) is 27.3 Å². The Morgan fingerprint density at radius 2 is 1.81 bits per heavy atom. The zero-order chi connectivity index (χ0) is 31.5. The molecule has 0 spiro atoms. The standard InChI is InChI=1S/C33H39N3O7/c1-16(2)36(5)15-17-7-10-25(43-6)20(11-17)19-8-9-24(37)26-21(19)12-18-13-23-28(35(3)4)30(39)27(32(34)41)31(40)33(23,42)14-22(18)29(26)38/h7-11,14,16,18,23,27-28,37,42H,12-13,15H2,1-6H3,(H2,34,41)/t18-,23-,27?,28-,33+/m0/s1. The SMILES string of the molecule is COc1ccc(CN(C)C(C)C)cc1-c1ccc(O)c2c1C[C@H]1C[C@H]3[C@H](N(C)C)C(=O)C(C(N)=O)C(=O)[C@@]3(O)C=C1C2=O. The number of Topliss-reactive ketones (excluding diaryl/α,β-unsaturated/α-hetero) is 3. The van der Waals surface area contributed by atoms with Crippen molar-refractivity contribution in [1.29, 1.82) is 0 Å². The van der Waals surface area contributed by atoms with Crippen LogP contribution in [0.2, 0.25) is 0 Å². The second-order valence-electron chi connectivity index (χ2n) is 12.5. The number of nitrogens with zero attached hydrogens (tertiary/aromatic N) is 2. The molecule has 3 aliphatic carbocycles. The fourth-order valence-corrected chi connectivity index (χ4v) is 7.03. The number of methoxy groups -OCH3 is 1. The molecule has 1 amide bonds. The zero-order valence-electron chi connectivity index (χ0n) is 25.4. The van der Waals surface area contributed by atoms with Crippen molar-refractivity contribution in [3.63, 3.8) is 0 Å². The number of allylic oxidation sites excluding steroid dienone is 1. The van der Waals surface area contributed by atoms with Gasteiger partial charge in [0, 0.05) is 29.6 Å². The number of amides is 1. The smallest absolute Gasteiger partial charge is 0.235 e. The second kappa shape index (κ2) is 11.0. The number of hydrogen-bond acceptors (Lipinski definition) is 9. The summed E-state index contributed by atoms with van der Waals surface area (Å²) in [6.45, 7) is 4.93. The summed E-state index contributed by atoms with van der Waals surface area (Å²) in [7, 11) is 6.91. The molecule has 0 saturated heterocycles. The lowest BCUT2D eigenvalue weighted by molar-refractivity contribution is -0.164. The van der Waals surface area contributed by atoms with Crippen molar-refractivity contribution >= 4 is 23.3 Å². The number of benzene rings is 2. The third kappa shape index (κ3) is 4.87. The van der Waals surface area contributed by atoms with Gasteiger partial charge in [0.05, 0.1) is 18.7 Å². The summed E-state index contributed by atoms with van der Waals surface area (Å²) in [6.07, 6.45) is 1.68. The fraction of sp³-hybridized carbons (Fsp3) is 0.455. The van der Waals surface area contributed by atoms with E-state index in [9.17, 15) is 29.4 Å². The molecule has 0 bridgehead atoms. The van der Waals surface area contributed by atoms with E-state index in [1.807, 2.05) is 25.2 Å². The van der Waals surface area contributed by atoms with E-state index in [0.717, 1.165) is 16.7 Å². The highest BCUT2D eigenvalue weighted by atomic mass is 16.5. The number of phenolic OH excluding ortho intramolecular Hbond substituents is 1. The summed E-state index contributed by atoms with van der Waals surface area (Å²) in [6, 6.07) is 8.54. The van der Waals surface area contributed by atoms with Crippen molar-refractivity contribution < 1.29 is 34.1 Å². The van der Waals surface area contributed by atoms with Crippen LogP contribution in [0.4, 0.5) is 0 Å². The minimum Gasteiger partial charge on any atom is -0.507 e. The van der Waals surface area contributed by atoms with Crippen LogP contribution < -0.4 is 10.5 Å². The number of primary amides is 1. The van der Waals surface area contributed by atoms with Crippen LogP contribution in [0.5, 0.6) is 11.5 Å².